The van der Waals surface area contributed by atoms with Gasteiger partial charge in [0.05, 0.1) is 12.8 Å². The van der Waals surface area contributed by atoms with E-state index in [2.05, 4.69) is 17.1 Å². The molecule has 2 rings (SSSR count). The molecule has 1 N–H and O–H groups in total. The highest BCUT2D eigenvalue weighted by Crippen LogP contribution is 2.26. The highest BCUT2D eigenvalue weighted by Gasteiger charge is 2.17. The lowest BCUT2D eigenvalue weighted by Crippen LogP contribution is -2.39. The molecule has 1 unspecified atom stereocenters. The fourth-order valence-corrected chi connectivity index (χ4v) is 2.55. The molecular formula is C15H23FN2O. The van der Waals surface area contributed by atoms with Gasteiger partial charge in [0, 0.05) is 25.2 Å². The van der Waals surface area contributed by atoms with Crippen LogP contribution in [-0.4, -0.2) is 32.8 Å². The van der Waals surface area contributed by atoms with E-state index in [1.165, 1.54) is 6.07 Å². The zero-order valence-corrected chi connectivity index (χ0v) is 11.8. The van der Waals surface area contributed by atoms with Crippen molar-refractivity contribution in [3.63, 3.8) is 0 Å². The minimum Gasteiger partial charge on any atom is -0.497 e. The molecule has 0 radical (unpaired) electrons. The molecule has 0 aromatic heterocycles. The Bertz CT molecular complexity index is 411. The van der Waals surface area contributed by atoms with Gasteiger partial charge in [0.1, 0.15) is 11.6 Å². The van der Waals surface area contributed by atoms with Gasteiger partial charge in [-0.05, 0) is 37.9 Å². The number of halogens is 1. The van der Waals surface area contributed by atoms with E-state index in [-0.39, 0.29) is 5.82 Å². The van der Waals surface area contributed by atoms with Crippen LogP contribution in [0.2, 0.25) is 0 Å². The van der Waals surface area contributed by atoms with Crippen LogP contribution < -0.4 is 15.0 Å². The average Bonchev–Trinajstić information content (AvgIpc) is 2.40. The van der Waals surface area contributed by atoms with Gasteiger partial charge >= 0.3 is 0 Å². The maximum atomic E-state index is 14.0. The van der Waals surface area contributed by atoms with Crippen molar-refractivity contribution in [3.8, 4) is 5.75 Å². The SMILES string of the molecule is CCC1CCN(c2cc(OC)ccc2F)CCCN1. The van der Waals surface area contributed by atoms with Gasteiger partial charge in [-0.3, -0.25) is 0 Å². The van der Waals surface area contributed by atoms with E-state index in [1.807, 2.05) is 0 Å². The van der Waals surface area contributed by atoms with E-state index in [0.29, 0.717) is 17.5 Å². The maximum Gasteiger partial charge on any atom is 0.146 e. The number of hydrogen-bond donors (Lipinski definition) is 1. The molecule has 1 aromatic carbocycles. The first-order valence-electron chi connectivity index (χ1n) is 7.06. The third-order valence-electron chi connectivity index (χ3n) is 3.77. The molecule has 3 nitrogen and oxygen atoms in total. The minimum absolute atomic E-state index is 0.164. The summed E-state index contributed by atoms with van der Waals surface area (Å²) in [6, 6.07) is 5.49. The molecule has 1 saturated heterocycles. The predicted octanol–water partition coefficient (Wildman–Crippen LogP) is 2.80. The Morgan fingerprint density at radius 1 is 1.42 bits per heavy atom. The summed E-state index contributed by atoms with van der Waals surface area (Å²) in [7, 11) is 1.61. The Hall–Kier alpha value is -1.29. The van der Waals surface area contributed by atoms with Crippen LogP contribution in [0.3, 0.4) is 0 Å². The van der Waals surface area contributed by atoms with Gasteiger partial charge < -0.3 is 15.0 Å². The third-order valence-corrected chi connectivity index (χ3v) is 3.77. The van der Waals surface area contributed by atoms with Crippen molar-refractivity contribution in [2.75, 3.05) is 31.6 Å². The zero-order chi connectivity index (χ0) is 13.7. The molecule has 1 aliphatic rings. The van der Waals surface area contributed by atoms with Crippen LogP contribution in [0.25, 0.3) is 0 Å². The van der Waals surface area contributed by atoms with Gasteiger partial charge in [-0.25, -0.2) is 4.39 Å². The standard InChI is InChI=1S/C15H23FN2O/c1-3-12-7-10-18(9-4-8-17-12)15-11-13(19-2)5-6-14(15)16/h5-6,11-12,17H,3-4,7-10H2,1-2H3. The quantitative estimate of drug-likeness (QED) is 0.910. The number of methoxy groups -OCH3 is 1. The molecule has 0 amide bonds. The molecule has 1 atom stereocenters. The van der Waals surface area contributed by atoms with E-state index in [9.17, 15) is 4.39 Å². The summed E-state index contributed by atoms with van der Waals surface area (Å²) in [4.78, 5) is 2.14. The van der Waals surface area contributed by atoms with Crippen LogP contribution in [0, 0.1) is 5.82 Å². The lowest BCUT2D eigenvalue weighted by Gasteiger charge is -2.30. The molecule has 0 spiro atoms. The Kier molecular flexibility index (Phi) is 5.02. The number of hydrogen-bond acceptors (Lipinski definition) is 3. The molecule has 0 bridgehead atoms. The second-order valence-corrected chi connectivity index (χ2v) is 5.01. The Morgan fingerprint density at radius 3 is 3.00 bits per heavy atom. The molecular weight excluding hydrogens is 243 g/mol. The second-order valence-electron chi connectivity index (χ2n) is 5.01. The van der Waals surface area contributed by atoms with Crippen molar-refractivity contribution in [2.24, 2.45) is 0 Å². The summed E-state index contributed by atoms with van der Waals surface area (Å²) in [5.74, 6) is 0.547. The van der Waals surface area contributed by atoms with Gasteiger partial charge in [-0.15, -0.1) is 0 Å². The summed E-state index contributed by atoms with van der Waals surface area (Å²) >= 11 is 0. The zero-order valence-electron chi connectivity index (χ0n) is 11.8. The van der Waals surface area contributed by atoms with Crippen LogP contribution in [-0.2, 0) is 0 Å². The summed E-state index contributed by atoms with van der Waals surface area (Å²) in [5.41, 5.74) is 0.663. The van der Waals surface area contributed by atoms with Gasteiger partial charge in [-0.1, -0.05) is 6.92 Å². The molecule has 106 valence electrons. The molecule has 19 heavy (non-hydrogen) atoms. The number of nitrogens with zero attached hydrogens (tertiary/aromatic N) is 1. The summed E-state index contributed by atoms with van der Waals surface area (Å²) in [6.07, 6.45) is 3.20. The molecule has 1 aromatic rings. The monoisotopic (exact) mass is 266 g/mol. The first-order chi connectivity index (χ1) is 9.24. The van der Waals surface area contributed by atoms with Crippen molar-refractivity contribution >= 4 is 5.69 Å². The summed E-state index contributed by atoms with van der Waals surface area (Å²) < 4.78 is 19.2. The lowest BCUT2D eigenvalue weighted by atomic mass is 10.1. The lowest BCUT2D eigenvalue weighted by molar-refractivity contribution is 0.412. The van der Waals surface area contributed by atoms with E-state index < -0.39 is 0 Å². The smallest absolute Gasteiger partial charge is 0.146 e. The molecule has 4 heteroatoms. The molecule has 1 aliphatic heterocycles. The fraction of sp³-hybridized carbons (Fsp3) is 0.600. The molecule has 0 aliphatic carbocycles. The van der Waals surface area contributed by atoms with Gasteiger partial charge in [0.25, 0.3) is 0 Å². The highest BCUT2D eigenvalue weighted by atomic mass is 19.1. The van der Waals surface area contributed by atoms with Crippen molar-refractivity contribution < 1.29 is 9.13 Å². The minimum atomic E-state index is -0.164. The molecule has 1 fully saturated rings. The van der Waals surface area contributed by atoms with Gasteiger partial charge in [-0.2, -0.15) is 0 Å². The highest BCUT2D eigenvalue weighted by molar-refractivity contribution is 5.52. The maximum absolute atomic E-state index is 14.0. The van der Waals surface area contributed by atoms with Crippen molar-refractivity contribution in [3.05, 3.63) is 24.0 Å². The van der Waals surface area contributed by atoms with Crippen molar-refractivity contribution in [1.82, 2.24) is 5.32 Å². The number of nitrogens with one attached hydrogen (secondary N) is 1. The molecule has 1 heterocycles. The first kappa shape index (κ1) is 14.1. The number of ether oxygens (including phenoxy) is 1. The Morgan fingerprint density at radius 2 is 2.26 bits per heavy atom. The third kappa shape index (κ3) is 3.60. The summed E-state index contributed by atoms with van der Waals surface area (Å²) in [5, 5.41) is 3.54. The number of anilines is 1. The van der Waals surface area contributed by atoms with Crippen LogP contribution in [0.4, 0.5) is 10.1 Å². The summed E-state index contributed by atoms with van der Waals surface area (Å²) in [6.45, 7) is 4.96. The predicted molar refractivity (Wildman–Crippen MR) is 76.5 cm³/mol. The van der Waals surface area contributed by atoms with Crippen LogP contribution >= 0.6 is 0 Å². The van der Waals surface area contributed by atoms with E-state index in [0.717, 1.165) is 38.9 Å². The fourth-order valence-electron chi connectivity index (χ4n) is 2.55. The normalized spacial score (nSPS) is 20.8. The van der Waals surface area contributed by atoms with Crippen LogP contribution in [0.1, 0.15) is 26.2 Å². The van der Waals surface area contributed by atoms with E-state index >= 15 is 0 Å². The topological polar surface area (TPSA) is 24.5 Å². The van der Waals surface area contributed by atoms with Crippen molar-refractivity contribution in [1.29, 1.82) is 0 Å². The largest absolute Gasteiger partial charge is 0.497 e. The Labute approximate surface area is 114 Å². The number of rotatable bonds is 3. The average molecular weight is 266 g/mol. The second kappa shape index (κ2) is 6.75. The molecule has 0 saturated carbocycles. The van der Waals surface area contributed by atoms with E-state index in [4.69, 9.17) is 4.74 Å². The first-order valence-corrected chi connectivity index (χ1v) is 7.06. The Balaban J connectivity index is 2.14. The van der Waals surface area contributed by atoms with E-state index in [1.54, 1.807) is 19.2 Å². The number of benzene rings is 1. The van der Waals surface area contributed by atoms with Crippen molar-refractivity contribution in [2.45, 2.75) is 32.2 Å². The van der Waals surface area contributed by atoms with Gasteiger partial charge in [0.15, 0.2) is 0 Å². The van der Waals surface area contributed by atoms with Crippen LogP contribution in [0.15, 0.2) is 18.2 Å². The van der Waals surface area contributed by atoms with Crippen LogP contribution in [0.5, 0.6) is 5.75 Å². The van der Waals surface area contributed by atoms with Gasteiger partial charge in [0.2, 0.25) is 0 Å².